The number of carbonyl (C=O) groups is 2. The van der Waals surface area contributed by atoms with Crippen LogP contribution in [-0.2, 0) is 23.9 Å². The van der Waals surface area contributed by atoms with Crippen molar-refractivity contribution in [2.45, 2.75) is 46.5 Å². The molecular weight excluding hydrogens is 274 g/mol. The number of hydrogen-bond acceptors (Lipinski definition) is 6. The average molecular weight is 299 g/mol. The third-order valence-electron chi connectivity index (χ3n) is 3.43. The molecule has 0 bridgehead atoms. The number of unbranched alkanes of at least 4 members (excludes halogenated alkanes) is 1. The minimum atomic E-state index is -0.303. The van der Waals surface area contributed by atoms with Crippen LogP contribution < -0.4 is 0 Å². The van der Waals surface area contributed by atoms with Gasteiger partial charge in [0, 0.05) is 5.41 Å². The van der Waals surface area contributed by atoms with E-state index in [0.29, 0.717) is 13.2 Å². The van der Waals surface area contributed by atoms with Gasteiger partial charge < -0.3 is 14.3 Å². The molecule has 0 radical (unpaired) electrons. The molecule has 2 atom stereocenters. The smallest absolute Gasteiger partial charge is 0.309 e. The molecule has 2 unspecified atom stereocenters. The maximum absolute atomic E-state index is 11.8. The summed E-state index contributed by atoms with van der Waals surface area (Å²) < 4.78 is 9.95. The Bertz CT molecular complexity index is 382. The van der Waals surface area contributed by atoms with Gasteiger partial charge in [-0.25, -0.2) is 0 Å². The Morgan fingerprint density at radius 3 is 2.71 bits per heavy atom. The second kappa shape index (κ2) is 8.64. The normalized spacial score (nSPS) is 23.9. The van der Waals surface area contributed by atoms with Crippen molar-refractivity contribution in [3.63, 3.8) is 0 Å². The lowest BCUT2D eigenvalue weighted by molar-refractivity contribution is -0.146. The van der Waals surface area contributed by atoms with Crippen molar-refractivity contribution < 1.29 is 23.9 Å². The van der Waals surface area contributed by atoms with E-state index in [4.69, 9.17) is 14.3 Å². The van der Waals surface area contributed by atoms with Gasteiger partial charge >= 0.3 is 11.9 Å². The molecule has 0 aromatic heterocycles. The lowest BCUT2D eigenvalue weighted by atomic mass is 10.1. The first-order valence-electron chi connectivity index (χ1n) is 7.52. The summed E-state index contributed by atoms with van der Waals surface area (Å²) in [5, 5.41) is 3.83. The molecule has 1 saturated carbocycles. The van der Waals surface area contributed by atoms with Crippen LogP contribution in [0, 0.1) is 11.3 Å². The number of nitrogens with zero attached hydrogens (tertiary/aromatic N) is 1. The van der Waals surface area contributed by atoms with Gasteiger partial charge in [0.25, 0.3) is 0 Å². The van der Waals surface area contributed by atoms with Gasteiger partial charge in [0.05, 0.1) is 31.8 Å². The fourth-order valence-corrected chi connectivity index (χ4v) is 1.87. The summed E-state index contributed by atoms with van der Waals surface area (Å²) in [6.45, 7) is 6.77. The summed E-state index contributed by atoms with van der Waals surface area (Å²) in [5.74, 6) is -0.599. The molecule has 0 aromatic carbocycles. The fraction of sp³-hybridized carbons (Fsp3) is 0.800. The van der Waals surface area contributed by atoms with Crippen molar-refractivity contribution in [3.8, 4) is 0 Å². The molecule has 0 aliphatic heterocycles. The first-order valence-corrected chi connectivity index (χ1v) is 7.52. The Balaban J connectivity index is 2.18. The Morgan fingerprint density at radius 1 is 1.29 bits per heavy atom. The van der Waals surface area contributed by atoms with E-state index >= 15 is 0 Å². The van der Waals surface area contributed by atoms with Crippen LogP contribution in [0.15, 0.2) is 5.16 Å². The third-order valence-corrected chi connectivity index (χ3v) is 3.43. The summed E-state index contributed by atoms with van der Waals surface area (Å²) in [6.07, 6.45) is 4.42. The molecule has 0 aromatic rings. The molecule has 6 nitrogen and oxygen atoms in total. The van der Waals surface area contributed by atoms with Crippen LogP contribution >= 0.6 is 0 Å². The summed E-state index contributed by atoms with van der Waals surface area (Å²) in [7, 11) is 0. The van der Waals surface area contributed by atoms with Crippen LogP contribution in [0.3, 0.4) is 0 Å². The largest absolute Gasteiger partial charge is 0.466 e. The van der Waals surface area contributed by atoms with E-state index in [9.17, 15) is 9.59 Å². The molecule has 120 valence electrons. The van der Waals surface area contributed by atoms with E-state index in [1.54, 1.807) is 13.1 Å². The Kier molecular flexibility index (Phi) is 7.19. The van der Waals surface area contributed by atoms with Crippen LogP contribution in [0.4, 0.5) is 0 Å². The molecule has 0 N–H and O–H groups in total. The first kappa shape index (κ1) is 17.5. The van der Waals surface area contributed by atoms with Crippen molar-refractivity contribution in [1.29, 1.82) is 0 Å². The van der Waals surface area contributed by atoms with Crippen LogP contribution in [0.1, 0.15) is 46.5 Å². The summed E-state index contributed by atoms with van der Waals surface area (Å²) >= 11 is 0. The number of ether oxygens (including phenoxy) is 2. The van der Waals surface area contributed by atoms with Gasteiger partial charge in [0.1, 0.15) is 6.61 Å². The summed E-state index contributed by atoms with van der Waals surface area (Å²) in [6, 6.07) is 0. The van der Waals surface area contributed by atoms with Gasteiger partial charge in [0.2, 0.25) is 0 Å². The number of hydrogen-bond donors (Lipinski definition) is 0. The third kappa shape index (κ3) is 6.14. The van der Waals surface area contributed by atoms with E-state index < -0.39 is 0 Å². The highest BCUT2D eigenvalue weighted by Crippen LogP contribution is 2.51. The molecule has 1 rings (SSSR count). The summed E-state index contributed by atoms with van der Waals surface area (Å²) in [4.78, 5) is 27.8. The second-order valence-electron chi connectivity index (χ2n) is 5.41. The molecule has 1 fully saturated rings. The highest BCUT2D eigenvalue weighted by Gasteiger charge is 2.55. The maximum Gasteiger partial charge on any atom is 0.309 e. The maximum atomic E-state index is 11.8. The molecule has 6 heteroatoms. The SMILES string of the molecule is CCCCOC(=O)C1CC1(C)C=NOCCC(=O)OCC. The molecule has 0 spiro atoms. The first-order chi connectivity index (χ1) is 10.0. The van der Waals surface area contributed by atoms with Crippen LogP contribution in [0.25, 0.3) is 0 Å². The monoisotopic (exact) mass is 299 g/mol. The Hall–Kier alpha value is -1.59. The molecular formula is C15H25NO5. The quantitative estimate of drug-likeness (QED) is 0.268. The zero-order valence-electron chi connectivity index (χ0n) is 13.1. The van der Waals surface area contributed by atoms with E-state index in [-0.39, 0.29) is 36.3 Å². The van der Waals surface area contributed by atoms with Crippen molar-refractivity contribution in [2.24, 2.45) is 16.5 Å². The standard InChI is InChI=1S/C15H25NO5/c1-4-6-8-20-14(18)12-10-15(12,3)11-16-21-9-7-13(17)19-5-2/h11-12H,4-10H2,1-3H3. The Morgan fingerprint density at radius 2 is 2.05 bits per heavy atom. The van der Waals surface area contributed by atoms with Gasteiger partial charge in [-0.15, -0.1) is 0 Å². The van der Waals surface area contributed by atoms with E-state index in [1.807, 2.05) is 6.92 Å². The van der Waals surface area contributed by atoms with E-state index in [0.717, 1.165) is 19.3 Å². The van der Waals surface area contributed by atoms with Crippen molar-refractivity contribution in [2.75, 3.05) is 19.8 Å². The minimum absolute atomic E-state index is 0.133. The van der Waals surface area contributed by atoms with E-state index in [1.165, 1.54) is 0 Å². The summed E-state index contributed by atoms with van der Waals surface area (Å²) in [5.41, 5.74) is -0.284. The fourth-order valence-electron chi connectivity index (χ4n) is 1.87. The predicted molar refractivity (Wildman–Crippen MR) is 77.8 cm³/mol. The Labute approximate surface area is 125 Å². The van der Waals surface area contributed by atoms with Crippen molar-refractivity contribution in [3.05, 3.63) is 0 Å². The lowest BCUT2D eigenvalue weighted by Crippen LogP contribution is -2.14. The molecule has 1 aliphatic carbocycles. The number of rotatable bonds is 10. The van der Waals surface area contributed by atoms with Gasteiger partial charge in [-0.2, -0.15) is 0 Å². The van der Waals surface area contributed by atoms with Gasteiger partial charge in [0.15, 0.2) is 0 Å². The lowest BCUT2D eigenvalue weighted by Gasteiger charge is -2.06. The molecule has 1 aliphatic rings. The highest BCUT2D eigenvalue weighted by atomic mass is 16.6. The zero-order chi connectivity index (χ0) is 15.7. The highest BCUT2D eigenvalue weighted by molar-refractivity contribution is 5.85. The van der Waals surface area contributed by atoms with Gasteiger partial charge in [-0.05, 0) is 19.8 Å². The molecule has 0 heterocycles. The van der Waals surface area contributed by atoms with Crippen LogP contribution in [0.2, 0.25) is 0 Å². The molecule has 21 heavy (non-hydrogen) atoms. The van der Waals surface area contributed by atoms with Crippen LogP contribution in [-0.4, -0.2) is 38.0 Å². The number of oxime groups is 1. The second-order valence-corrected chi connectivity index (χ2v) is 5.41. The zero-order valence-corrected chi connectivity index (χ0v) is 13.1. The van der Waals surface area contributed by atoms with Gasteiger partial charge in [-0.3, -0.25) is 9.59 Å². The average Bonchev–Trinajstić information content (AvgIpc) is 3.11. The van der Waals surface area contributed by atoms with E-state index in [2.05, 4.69) is 12.1 Å². The molecule has 0 saturated heterocycles. The topological polar surface area (TPSA) is 74.2 Å². The minimum Gasteiger partial charge on any atom is -0.466 e. The van der Waals surface area contributed by atoms with Crippen molar-refractivity contribution >= 4 is 18.2 Å². The van der Waals surface area contributed by atoms with Crippen molar-refractivity contribution in [1.82, 2.24) is 0 Å². The van der Waals surface area contributed by atoms with Crippen LogP contribution in [0.5, 0.6) is 0 Å². The predicted octanol–water partition coefficient (Wildman–Crippen LogP) is 2.31. The number of carbonyl (C=O) groups excluding carboxylic acids is 2. The number of esters is 2. The van der Waals surface area contributed by atoms with Gasteiger partial charge in [-0.1, -0.05) is 25.4 Å². The molecule has 0 amide bonds.